The molecule has 0 aliphatic carbocycles. The van der Waals surface area contributed by atoms with Gasteiger partial charge in [0.05, 0.1) is 17.2 Å². The number of hydrogen-bond acceptors (Lipinski definition) is 6. The van der Waals surface area contributed by atoms with E-state index in [1.165, 1.54) is 35.8 Å². The van der Waals surface area contributed by atoms with Crippen molar-refractivity contribution >= 4 is 62.5 Å². The number of likely N-dealkylation sites (N-methyl/N-ethyl adjacent to an activating group) is 1. The number of hydrogen-bond donors (Lipinski definition) is 1. The monoisotopic (exact) mass is 623 g/mol. The maximum Gasteiger partial charge on any atom is 0.264 e. The number of sulfonamides is 1. The second kappa shape index (κ2) is 14.1. The van der Waals surface area contributed by atoms with Crippen molar-refractivity contribution in [1.82, 2.24) is 10.2 Å². The third kappa shape index (κ3) is 7.42. The van der Waals surface area contributed by atoms with Gasteiger partial charge in [-0.25, -0.2) is 8.42 Å². The molecule has 0 fully saturated rings. The molecule has 1 unspecified atom stereocenters. The molecule has 0 aromatic heterocycles. The number of anilines is 1. The van der Waals surface area contributed by atoms with Gasteiger partial charge in [0.25, 0.3) is 10.0 Å². The van der Waals surface area contributed by atoms with Gasteiger partial charge in [-0.05, 0) is 80.8 Å². The van der Waals surface area contributed by atoms with Gasteiger partial charge < -0.3 is 15.0 Å². The molecule has 0 aliphatic heterocycles. The van der Waals surface area contributed by atoms with Crippen LogP contribution in [0.5, 0.6) is 5.75 Å². The third-order valence-electron chi connectivity index (χ3n) is 6.17. The predicted molar refractivity (Wildman–Crippen MR) is 161 cm³/mol. The normalized spacial score (nSPS) is 11.9. The van der Waals surface area contributed by atoms with Gasteiger partial charge in [0.2, 0.25) is 11.8 Å². The summed E-state index contributed by atoms with van der Waals surface area (Å²) < 4.78 is 34.4. The number of nitrogens with zero attached hydrogens (tertiary/aromatic N) is 2. The Bertz CT molecular complexity index is 1420. The number of amides is 2. The van der Waals surface area contributed by atoms with E-state index in [-0.39, 0.29) is 17.1 Å². The maximum absolute atomic E-state index is 13.9. The molecular formula is C28H31Cl2N3O5S2. The van der Waals surface area contributed by atoms with Crippen molar-refractivity contribution in [1.29, 1.82) is 0 Å². The fourth-order valence-electron chi connectivity index (χ4n) is 3.92. The Morgan fingerprint density at radius 2 is 1.60 bits per heavy atom. The second-order valence-corrected chi connectivity index (χ2v) is 12.2. The van der Waals surface area contributed by atoms with Gasteiger partial charge in [0.15, 0.2) is 0 Å². The Kier molecular flexibility index (Phi) is 11.2. The smallest absolute Gasteiger partial charge is 0.264 e. The Hall–Kier alpha value is -2.92. The lowest BCUT2D eigenvalue weighted by atomic mass is 10.1. The molecule has 2 amide bonds. The van der Waals surface area contributed by atoms with E-state index < -0.39 is 34.4 Å². The highest BCUT2D eigenvalue weighted by Gasteiger charge is 2.33. The number of halogens is 2. The van der Waals surface area contributed by atoms with Crippen LogP contribution in [0.2, 0.25) is 10.0 Å². The zero-order valence-corrected chi connectivity index (χ0v) is 25.7. The van der Waals surface area contributed by atoms with E-state index in [9.17, 15) is 18.0 Å². The highest BCUT2D eigenvalue weighted by molar-refractivity contribution is 7.98. The summed E-state index contributed by atoms with van der Waals surface area (Å²) in [4.78, 5) is 28.7. The summed E-state index contributed by atoms with van der Waals surface area (Å²) in [5, 5.41) is 3.18. The van der Waals surface area contributed by atoms with Crippen molar-refractivity contribution in [2.24, 2.45) is 0 Å². The number of carbonyl (C=O) groups excluding carboxylic acids is 2. The first kappa shape index (κ1) is 31.6. The first-order valence-electron chi connectivity index (χ1n) is 12.4. The summed E-state index contributed by atoms with van der Waals surface area (Å²) >= 11 is 14.2. The molecule has 0 aliphatic rings. The van der Waals surface area contributed by atoms with Crippen molar-refractivity contribution < 1.29 is 22.7 Å². The lowest BCUT2D eigenvalue weighted by Crippen LogP contribution is -2.50. The fraction of sp³-hybridized carbons (Fsp3) is 0.286. The van der Waals surface area contributed by atoms with Crippen molar-refractivity contribution in [2.75, 3.05) is 30.8 Å². The zero-order chi connectivity index (χ0) is 29.4. The standard InChI is InChI=1S/C28H31Cl2N3O5S2/c1-5-38-21-11-9-20(10-12-21)33(40(36,37)23-15-13-22(39-4)14-16-23)18-27(34)32(19(2)28(35)31-3)17-24-25(29)7-6-8-26(24)30/h6-16,19H,5,17-18H2,1-4H3,(H,31,35). The molecule has 0 saturated heterocycles. The minimum atomic E-state index is -4.19. The van der Waals surface area contributed by atoms with E-state index in [4.69, 9.17) is 27.9 Å². The third-order valence-corrected chi connectivity index (χ3v) is 9.41. The molecule has 214 valence electrons. The summed E-state index contributed by atoms with van der Waals surface area (Å²) in [5.74, 6) is -0.493. The van der Waals surface area contributed by atoms with Crippen LogP contribution < -0.4 is 14.4 Å². The largest absolute Gasteiger partial charge is 0.494 e. The van der Waals surface area contributed by atoms with Gasteiger partial charge in [0, 0.05) is 34.1 Å². The average molecular weight is 625 g/mol. The number of benzene rings is 3. The van der Waals surface area contributed by atoms with Crippen molar-refractivity contribution in [3.8, 4) is 5.75 Å². The number of thioether (sulfide) groups is 1. The molecule has 0 bridgehead atoms. The Labute approximate surface area is 249 Å². The Morgan fingerprint density at radius 3 is 2.12 bits per heavy atom. The molecule has 40 heavy (non-hydrogen) atoms. The highest BCUT2D eigenvalue weighted by atomic mass is 35.5. The molecule has 12 heteroatoms. The second-order valence-electron chi connectivity index (χ2n) is 8.63. The minimum Gasteiger partial charge on any atom is -0.494 e. The Balaban J connectivity index is 2.07. The summed E-state index contributed by atoms with van der Waals surface area (Å²) in [7, 11) is -2.73. The number of carbonyl (C=O) groups is 2. The molecule has 8 nitrogen and oxygen atoms in total. The van der Waals surface area contributed by atoms with Crippen LogP contribution >= 0.6 is 35.0 Å². The van der Waals surface area contributed by atoms with E-state index in [1.54, 1.807) is 61.5 Å². The lowest BCUT2D eigenvalue weighted by Gasteiger charge is -2.32. The van der Waals surface area contributed by atoms with Gasteiger partial charge >= 0.3 is 0 Å². The van der Waals surface area contributed by atoms with Gasteiger partial charge in [-0.1, -0.05) is 29.3 Å². The molecule has 1 N–H and O–H groups in total. The van der Waals surface area contributed by atoms with Gasteiger partial charge in [-0.15, -0.1) is 11.8 Å². The summed E-state index contributed by atoms with van der Waals surface area (Å²) in [5.41, 5.74) is 0.701. The van der Waals surface area contributed by atoms with Crippen LogP contribution in [0.3, 0.4) is 0 Å². The molecule has 1 atom stereocenters. The number of nitrogens with one attached hydrogen (secondary N) is 1. The number of rotatable bonds is 12. The highest BCUT2D eigenvalue weighted by Crippen LogP contribution is 2.29. The van der Waals surface area contributed by atoms with Gasteiger partial charge in [-0.3, -0.25) is 13.9 Å². The molecule has 3 aromatic carbocycles. The maximum atomic E-state index is 13.9. The molecule has 0 saturated carbocycles. The van der Waals surface area contributed by atoms with Crippen molar-refractivity contribution in [3.05, 3.63) is 82.3 Å². The summed E-state index contributed by atoms with van der Waals surface area (Å²) in [6.07, 6.45) is 1.89. The lowest BCUT2D eigenvalue weighted by molar-refractivity contribution is -0.139. The Morgan fingerprint density at radius 1 is 1.00 bits per heavy atom. The molecular weight excluding hydrogens is 593 g/mol. The molecule has 3 rings (SSSR count). The fourth-order valence-corrected chi connectivity index (χ4v) is 6.26. The number of ether oxygens (including phenoxy) is 1. The van der Waals surface area contributed by atoms with Crippen LogP contribution in [0, 0.1) is 0 Å². The zero-order valence-electron chi connectivity index (χ0n) is 22.6. The van der Waals surface area contributed by atoms with Gasteiger partial charge in [0.1, 0.15) is 18.3 Å². The predicted octanol–water partition coefficient (Wildman–Crippen LogP) is 5.47. The first-order valence-corrected chi connectivity index (χ1v) is 15.8. The topological polar surface area (TPSA) is 96.0 Å². The summed E-state index contributed by atoms with van der Waals surface area (Å²) in [6.45, 7) is 3.15. The van der Waals surface area contributed by atoms with Crippen molar-refractivity contribution in [3.63, 3.8) is 0 Å². The van der Waals surface area contributed by atoms with E-state index in [0.29, 0.717) is 28.0 Å². The molecule has 0 radical (unpaired) electrons. The van der Waals surface area contributed by atoms with Crippen LogP contribution in [-0.4, -0.2) is 57.6 Å². The summed E-state index contributed by atoms with van der Waals surface area (Å²) in [6, 6.07) is 16.8. The molecule has 0 heterocycles. The quantitative estimate of drug-likeness (QED) is 0.269. The van der Waals surface area contributed by atoms with E-state index in [0.717, 1.165) is 9.20 Å². The van der Waals surface area contributed by atoms with Crippen LogP contribution in [0.15, 0.2) is 76.5 Å². The van der Waals surface area contributed by atoms with E-state index in [1.807, 2.05) is 13.2 Å². The van der Waals surface area contributed by atoms with Crippen LogP contribution in [-0.2, 0) is 26.2 Å². The van der Waals surface area contributed by atoms with Crippen LogP contribution in [0.4, 0.5) is 5.69 Å². The average Bonchev–Trinajstić information content (AvgIpc) is 2.95. The van der Waals surface area contributed by atoms with Gasteiger partial charge in [-0.2, -0.15) is 0 Å². The minimum absolute atomic E-state index is 0.0204. The molecule has 0 spiro atoms. The van der Waals surface area contributed by atoms with Crippen LogP contribution in [0.1, 0.15) is 19.4 Å². The molecule has 3 aromatic rings. The SMILES string of the molecule is CCOc1ccc(N(CC(=O)N(Cc2c(Cl)cccc2Cl)C(C)C(=O)NC)S(=O)(=O)c2ccc(SC)cc2)cc1. The van der Waals surface area contributed by atoms with E-state index >= 15 is 0 Å². The first-order chi connectivity index (χ1) is 19.0. The van der Waals surface area contributed by atoms with E-state index in [2.05, 4.69) is 5.32 Å². The van der Waals surface area contributed by atoms with Crippen molar-refractivity contribution in [2.45, 2.75) is 36.2 Å². The van der Waals surface area contributed by atoms with Crippen LogP contribution in [0.25, 0.3) is 0 Å².